The summed E-state index contributed by atoms with van der Waals surface area (Å²) in [5.74, 6) is -0.245. The third-order valence-electron chi connectivity index (χ3n) is 3.75. The van der Waals surface area contributed by atoms with Crippen LogP contribution in [0, 0.1) is 12.7 Å². The van der Waals surface area contributed by atoms with Crippen molar-refractivity contribution in [2.75, 3.05) is 5.32 Å². The van der Waals surface area contributed by atoms with E-state index in [-0.39, 0.29) is 11.9 Å². The maximum absolute atomic E-state index is 13.0. The van der Waals surface area contributed by atoms with Crippen LogP contribution in [0.3, 0.4) is 0 Å². The summed E-state index contributed by atoms with van der Waals surface area (Å²) >= 11 is 7.02. The summed E-state index contributed by atoms with van der Waals surface area (Å²) in [5.41, 5.74) is 3.87. The van der Waals surface area contributed by atoms with Crippen LogP contribution in [0.4, 0.5) is 10.1 Å². The van der Waals surface area contributed by atoms with Gasteiger partial charge in [-0.25, -0.2) is 9.37 Å². The van der Waals surface area contributed by atoms with E-state index in [0.717, 1.165) is 27.5 Å². The normalized spacial score (nSPS) is 11.8. The molecule has 2 N–H and O–H groups in total. The fourth-order valence-corrected chi connectivity index (χ4v) is 3.37. The first kappa shape index (κ1) is 17.5. The van der Waals surface area contributed by atoms with Crippen molar-refractivity contribution >= 4 is 34.4 Å². The lowest BCUT2D eigenvalue weighted by atomic mass is 10.1. The van der Waals surface area contributed by atoms with E-state index in [2.05, 4.69) is 15.6 Å². The number of rotatable bonds is 4. The molecule has 1 heterocycles. The Bertz CT molecular complexity index is 874. The summed E-state index contributed by atoms with van der Waals surface area (Å²) in [6.07, 6.45) is 0. The molecule has 0 bridgehead atoms. The van der Waals surface area contributed by atoms with Crippen molar-refractivity contribution in [1.29, 1.82) is 0 Å². The van der Waals surface area contributed by atoms with Crippen LogP contribution in [0.25, 0.3) is 11.3 Å². The lowest BCUT2D eigenvalue weighted by Gasteiger charge is -2.17. The fourth-order valence-electron chi connectivity index (χ4n) is 2.45. The smallest absolute Gasteiger partial charge is 0.171 e. The van der Waals surface area contributed by atoms with Crippen LogP contribution in [0.2, 0.25) is 0 Å². The standard InChI is InChI=1S/C19H18FN3S2/c1-12(14-6-8-16(20)9-7-14)21-19(24)23-17-5-3-4-15(10-17)18-11-25-13(2)22-18/h3-12H,1-2H3,(H2,21,23,24)/t12-/m1/s1. The van der Waals surface area contributed by atoms with Gasteiger partial charge in [0.05, 0.1) is 16.7 Å². The van der Waals surface area contributed by atoms with Crippen LogP contribution in [0.5, 0.6) is 0 Å². The van der Waals surface area contributed by atoms with E-state index in [9.17, 15) is 4.39 Å². The minimum atomic E-state index is -0.245. The van der Waals surface area contributed by atoms with Crippen molar-refractivity contribution in [3.63, 3.8) is 0 Å². The van der Waals surface area contributed by atoms with Gasteiger partial charge in [0.1, 0.15) is 5.82 Å². The second-order valence-corrected chi connectivity index (χ2v) is 7.17. The number of nitrogens with zero attached hydrogens (tertiary/aromatic N) is 1. The molecule has 1 aromatic heterocycles. The Kier molecular flexibility index (Phi) is 5.40. The highest BCUT2D eigenvalue weighted by Gasteiger charge is 2.08. The van der Waals surface area contributed by atoms with E-state index >= 15 is 0 Å². The topological polar surface area (TPSA) is 37.0 Å². The second-order valence-electron chi connectivity index (χ2n) is 5.70. The van der Waals surface area contributed by atoms with Crippen LogP contribution < -0.4 is 10.6 Å². The number of anilines is 1. The maximum Gasteiger partial charge on any atom is 0.171 e. The van der Waals surface area contributed by atoms with Gasteiger partial charge < -0.3 is 10.6 Å². The molecule has 0 radical (unpaired) electrons. The molecule has 0 spiro atoms. The highest BCUT2D eigenvalue weighted by Crippen LogP contribution is 2.24. The van der Waals surface area contributed by atoms with Gasteiger partial charge in [-0.3, -0.25) is 0 Å². The van der Waals surface area contributed by atoms with E-state index in [1.165, 1.54) is 12.1 Å². The Labute approximate surface area is 155 Å². The summed E-state index contributed by atoms with van der Waals surface area (Å²) in [5, 5.41) is 10.0. The minimum Gasteiger partial charge on any atom is -0.356 e. The highest BCUT2D eigenvalue weighted by atomic mass is 32.1. The molecule has 25 heavy (non-hydrogen) atoms. The molecule has 128 valence electrons. The summed E-state index contributed by atoms with van der Waals surface area (Å²) < 4.78 is 13.0. The van der Waals surface area contributed by atoms with Crippen molar-refractivity contribution < 1.29 is 4.39 Å². The summed E-state index contributed by atoms with van der Waals surface area (Å²) in [7, 11) is 0. The largest absolute Gasteiger partial charge is 0.356 e. The summed E-state index contributed by atoms with van der Waals surface area (Å²) in [6.45, 7) is 3.97. The highest BCUT2D eigenvalue weighted by molar-refractivity contribution is 7.80. The predicted molar refractivity (Wildman–Crippen MR) is 106 cm³/mol. The SMILES string of the molecule is Cc1nc(-c2cccc(NC(=S)N[C@H](C)c3ccc(F)cc3)c2)cs1. The number of halogens is 1. The summed E-state index contributed by atoms with van der Waals surface area (Å²) in [4.78, 5) is 4.51. The van der Waals surface area contributed by atoms with Gasteiger partial charge in [-0.05, 0) is 55.9 Å². The number of aryl methyl sites for hydroxylation is 1. The van der Waals surface area contributed by atoms with Crippen LogP contribution in [-0.4, -0.2) is 10.1 Å². The van der Waals surface area contributed by atoms with Crippen molar-refractivity contribution in [1.82, 2.24) is 10.3 Å². The first-order valence-corrected chi connectivity index (χ1v) is 9.15. The molecule has 0 fully saturated rings. The predicted octanol–water partition coefficient (Wildman–Crippen LogP) is 5.31. The molecule has 0 aliphatic carbocycles. The molecule has 2 aromatic carbocycles. The lowest BCUT2D eigenvalue weighted by molar-refractivity contribution is 0.624. The average Bonchev–Trinajstić information content (AvgIpc) is 3.02. The van der Waals surface area contributed by atoms with Crippen LogP contribution in [-0.2, 0) is 0 Å². The Morgan fingerprint density at radius 2 is 1.96 bits per heavy atom. The van der Waals surface area contributed by atoms with Gasteiger partial charge in [-0.15, -0.1) is 11.3 Å². The Morgan fingerprint density at radius 3 is 2.64 bits per heavy atom. The molecule has 1 atom stereocenters. The first-order chi connectivity index (χ1) is 12.0. The maximum atomic E-state index is 13.0. The number of aromatic nitrogens is 1. The van der Waals surface area contributed by atoms with Gasteiger partial charge in [0.2, 0.25) is 0 Å². The number of thiazole rings is 1. The Balaban J connectivity index is 1.65. The quantitative estimate of drug-likeness (QED) is 0.610. The van der Waals surface area contributed by atoms with Crippen LogP contribution >= 0.6 is 23.6 Å². The number of benzene rings is 2. The third-order valence-corrected chi connectivity index (χ3v) is 4.75. The molecule has 3 rings (SSSR count). The lowest BCUT2D eigenvalue weighted by Crippen LogP contribution is -2.30. The zero-order chi connectivity index (χ0) is 17.8. The van der Waals surface area contributed by atoms with Gasteiger partial charge in [0, 0.05) is 16.6 Å². The summed E-state index contributed by atoms with van der Waals surface area (Å²) in [6, 6.07) is 14.3. The average molecular weight is 372 g/mol. The molecule has 0 saturated carbocycles. The van der Waals surface area contributed by atoms with Crippen molar-refractivity contribution in [2.24, 2.45) is 0 Å². The molecule has 0 aliphatic heterocycles. The van der Waals surface area contributed by atoms with E-state index in [0.29, 0.717) is 5.11 Å². The molecule has 3 nitrogen and oxygen atoms in total. The molecule has 3 aromatic rings. The van der Waals surface area contributed by atoms with E-state index in [1.807, 2.05) is 43.5 Å². The molecule has 6 heteroatoms. The monoisotopic (exact) mass is 371 g/mol. The number of hydrogen-bond donors (Lipinski definition) is 2. The molecular weight excluding hydrogens is 353 g/mol. The Morgan fingerprint density at radius 1 is 1.20 bits per heavy atom. The molecular formula is C19H18FN3S2. The third kappa shape index (κ3) is 4.61. The van der Waals surface area contributed by atoms with Crippen LogP contribution in [0.15, 0.2) is 53.9 Å². The fraction of sp³-hybridized carbons (Fsp3) is 0.158. The second kappa shape index (κ2) is 7.72. The first-order valence-electron chi connectivity index (χ1n) is 7.87. The number of thiocarbonyl (C=S) groups is 1. The van der Waals surface area contributed by atoms with Crippen molar-refractivity contribution in [3.05, 3.63) is 70.3 Å². The van der Waals surface area contributed by atoms with E-state index in [4.69, 9.17) is 12.2 Å². The zero-order valence-electron chi connectivity index (χ0n) is 13.9. The van der Waals surface area contributed by atoms with Gasteiger partial charge >= 0.3 is 0 Å². The van der Waals surface area contributed by atoms with Gasteiger partial charge in [-0.2, -0.15) is 0 Å². The molecule has 0 saturated heterocycles. The molecule has 0 aliphatic rings. The van der Waals surface area contributed by atoms with E-state index < -0.39 is 0 Å². The van der Waals surface area contributed by atoms with Crippen molar-refractivity contribution in [2.45, 2.75) is 19.9 Å². The zero-order valence-corrected chi connectivity index (χ0v) is 15.5. The van der Waals surface area contributed by atoms with E-state index in [1.54, 1.807) is 23.5 Å². The van der Waals surface area contributed by atoms with Gasteiger partial charge in [0.15, 0.2) is 5.11 Å². The minimum absolute atomic E-state index is 0.0232. The Hall–Kier alpha value is -2.31. The number of nitrogens with one attached hydrogen (secondary N) is 2. The number of hydrogen-bond acceptors (Lipinski definition) is 3. The molecule has 0 unspecified atom stereocenters. The molecule has 0 amide bonds. The van der Waals surface area contributed by atoms with Gasteiger partial charge in [0.25, 0.3) is 0 Å². The van der Waals surface area contributed by atoms with Gasteiger partial charge in [-0.1, -0.05) is 24.3 Å². The van der Waals surface area contributed by atoms with Crippen molar-refractivity contribution in [3.8, 4) is 11.3 Å². The van der Waals surface area contributed by atoms with Crippen LogP contribution in [0.1, 0.15) is 23.5 Å².